The van der Waals surface area contributed by atoms with Crippen LogP contribution in [-0.2, 0) is 13.0 Å². The molecule has 0 saturated carbocycles. The fourth-order valence-electron chi connectivity index (χ4n) is 3.21. The Balaban J connectivity index is 1.92. The Morgan fingerprint density at radius 3 is 2.76 bits per heavy atom. The van der Waals surface area contributed by atoms with E-state index >= 15 is 0 Å². The fraction of sp³-hybridized carbons (Fsp3) is 0.235. The van der Waals surface area contributed by atoms with Crippen molar-refractivity contribution >= 4 is 17.4 Å². The van der Waals surface area contributed by atoms with Gasteiger partial charge in [0.1, 0.15) is 12.4 Å². The summed E-state index contributed by atoms with van der Waals surface area (Å²) in [5.74, 6) is 0.854. The number of ketones is 1. The normalized spacial score (nSPS) is 19.3. The SMILES string of the molecule is NC1CCc2c(ccc3c2OCc2cc(Cl)ccc2-3)C1=O. The van der Waals surface area contributed by atoms with Crippen LogP contribution in [0.25, 0.3) is 11.1 Å². The van der Waals surface area contributed by atoms with Gasteiger partial charge in [0, 0.05) is 21.7 Å². The zero-order valence-corrected chi connectivity index (χ0v) is 12.1. The molecule has 1 aliphatic carbocycles. The van der Waals surface area contributed by atoms with E-state index in [9.17, 15) is 4.79 Å². The number of carbonyl (C=O) groups excluding carboxylic acids is 1. The molecule has 106 valence electrons. The van der Waals surface area contributed by atoms with Gasteiger partial charge in [-0.05, 0) is 42.2 Å². The highest BCUT2D eigenvalue weighted by molar-refractivity contribution is 6.30. The summed E-state index contributed by atoms with van der Waals surface area (Å²) < 4.78 is 5.94. The molecule has 3 nitrogen and oxygen atoms in total. The third kappa shape index (κ3) is 1.88. The van der Waals surface area contributed by atoms with E-state index in [1.807, 2.05) is 30.3 Å². The van der Waals surface area contributed by atoms with Crippen molar-refractivity contribution in [3.63, 3.8) is 0 Å². The highest BCUT2D eigenvalue weighted by atomic mass is 35.5. The molecular formula is C17H14ClNO2. The van der Waals surface area contributed by atoms with Crippen LogP contribution in [0.15, 0.2) is 30.3 Å². The number of ether oxygens (including phenoxy) is 1. The Labute approximate surface area is 127 Å². The smallest absolute Gasteiger partial charge is 0.179 e. The molecule has 21 heavy (non-hydrogen) atoms. The molecule has 4 heteroatoms. The average Bonchev–Trinajstić information content (AvgIpc) is 2.49. The second-order valence-corrected chi connectivity index (χ2v) is 6.00. The van der Waals surface area contributed by atoms with Gasteiger partial charge < -0.3 is 10.5 Å². The minimum atomic E-state index is -0.384. The van der Waals surface area contributed by atoms with Crippen molar-refractivity contribution in [2.75, 3.05) is 0 Å². The lowest BCUT2D eigenvalue weighted by molar-refractivity contribution is 0.0947. The van der Waals surface area contributed by atoms with Gasteiger partial charge in [-0.25, -0.2) is 0 Å². The van der Waals surface area contributed by atoms with E-state index in [0.717, 1.165) is 34.4 Å². The molecule has 4 rings (SSSR count). The summed E-state index contributed by atoms with van der Waals surface area (Å²) in [6, 6.07) is 9.28. The number of hydrogen-bond donors (Lipinski definition) is 1. The van der Waals surface area contributed by atoms with Gasteiger partial charge in [-0.15, -0.1) is 0 Å². The molecule has 2 N–H and O–H groups in total. The second-order valence-electron chi connectivity index (χ2n) is 5.57. The Morgan fingerprint density at radius 2 is 1.90 bits per heavy atom. The largest absolute Gasteiger partial charge is 0.488 e. The highest BCUT2D eigenvalue weighted by Gasteiger charge is 2.30. The van der Waals surface area contributed by atoms with Crippen molar-refractivity contribution in [2.24, 2.45) is 5.73 Å². The molecule has 0 radical (unpaired) electrons. The molecule has 0 saturated heterocycles. The maximum Gasteiger partial charge on any atom is 0.179 e. The van der Waals surface area contributed by atoms with Crippen LogP contribution in [0.3, 0.4) is 0 Å². The molecule has 0 fully saturated rings. The summed E-state index contributed by atoms with van der Waals surface area (Å²) in [6.07, 6.45) is 1.47. The monoisotopic (exact) mass is 299 g/mol. The minimum Gasteiger partial charge on any atom is -0.488 e. The minimum absolute atomic E-state index is 0.0181. The first kappa shape index (κ1) is 12.9. The number of halogens is 1. The van der Waals surface area contributed by atoms with Gasteiger partial charge in [0.25, 0.3) is 0 Å². The van der Waals surface area contributed by atoms with E-state index in [-0.39, 0.29) is 11.8 Å². The van der Waals surface area contributed by atoms with Gasteiger partial charge in [0.05, 0.1) is 6.04 Å². The Morgan fingerprint density at radius 1 is 1.14 bits per heavy atom. The van der Waals surface area contributed by atoms with Crippen molar-refractivity contribution in [2.45, 2.75) is 25.5 Å². The van der Waals surface area contributed by atoms with Crippen LogP contribution < -0.4 is 10.5 Å². The van der Waals surface area contributed by atoms with Gasteiger partial charge in [-0.3, -0.25) is 4.79 Å². The van der Waals surface area contributed by atoms with E-state index in [1.54, 1.807) is 0 Å². The quantitative estimate of drug-likeness (QED) is 0.811. The van der Waals surface area contributed by atoms with Crippen molar-refractivity contribution < 1.29 is 9.53 Å². The van der Waals surface area contributed by atoms with Crippen LogP contribution >= 0.6 is 11.6 Å². The van der Waals surface area contributed by atoms with Gasteiger partial charge in [-0.2, -0.15) is 0 Å². The standard InChI is InChI=1S/C17H14ClNO2/c18-10-1-2-11-9(7-10)8-21-17-13(11)4-3-12-14(17)5-6-15(19)16(12)20/h1-4,7,15H,5-6,8,19H2. The molecule has 2 aromatic carbocycles. The number of hydrogen-bond acceptors (Lipinski definition) is 3. The molecule has 0 aromatic heterocycles. The van der Waals surface area contributed by atoms with Crippen molar-refractivity contribution in [1.82, 2.24) is 0 Å². The Hall–Kier alpha value is -1.84. The molecule has 2 aliphatic rings. The predicted octanol–water partition coefficient (Wildman–Crippen LogP) is 3.36. The number of rotatable bonds is 0. The number of benzene rings is 2. The molecule has 1 unspecified atom stereocenters. The molecular weight excluding hydrogens is 286 g/mol. The molecule has 1 heterocycles. The fourth-order valence-corrected chi connectivity index (χ4v) is 3.40. The lowest BCUT2D eigenvalue weighted by Crippen LogP contribution is -2.35. The topological polar surface area (TPSA) is 52.3 Å². The van der Waals surface area contributed by atoms with Crippen molar-refractivity contribution in [3.8, 4) is 16.9 Å². The molecule has 2 aromatic rings. The van der Waals surface area contributed by atoms with Crippen LogP contribution in [0.4, 0.5) is 0 Å². The first-order valence-corrected chi connectivity index (χ1v) is 7.40. The Kier molecular flexibility index (Phi) is 2.81. The van der Waals surface area contributed by atoms with Crippen molar-refractivity contribution in [1.29, 1.82) is 0 Å². The van der Waals surface area contributed by atoms with Crippen LogP contribution in [0.2, 0.25) is 5.02 Å². The zero-order valence-electron chi connectivity index (χ0n) is 11.4. The lowest BCUT2D eigenvalue weighted by Gasteiger charge is -2.28. The van der Waals surface area contributed by atoms with Crippen LogP contribution in [-0.4, -0.2) is 11.8 Å². The van der Waals surface area contributed by atoms with Crippen LogP contribution in [0.1, 0.15) is 27.9 Å². The predicted molar refractivity (Wildman–Crippen MR) is 81.8 cm³/mol. The van der Waals surface area contributed by atoms with Crippen LogP contribution in [0.5, 0.6) is 5.75 Å². The molecule has 1 atom stereocenters. The number of Topliss-reactive ketones (excluding diaryl/α,β-unsaturated/α-hetero) is 1. The maximum absolute atomic E-state index is 12.2. The lowest BCUT2D eigenvalue weighted by atomic mass is 9.83. The maximum atomic E-state index is 12.2. The summed E-state index contributed by atoms with van der Waals surface area (Å²) in [6.45, 7) is 0.486. The zero-order chi connectivity index (χ0) is 14.6. The van der Waals surface area contributed by atoms with Gasteiger partial charge >= 0.3 is 0 Å². The number of carbonyl (C=O) groups is 1. The molecule has 0 amide bonds. The van der Waals surface area contributed by atoms with Gasteiger partial charge in [-0.1, -0.05) is 23.7 Å². The molecule has 1 aliphatic heterocycles. The van der Waals surface area contributed by atoms with Crippen molar-refractivity contribution in [3.05, 3.63) is 52.0 Å². The van der Waals surface area contributed by atoms with Gasteiger partial charge in [0.2, 0.25) is 0 Å². The third-order valence-electron chi connectivity index (χ3n) is 4.30. The first-order valence-electron chi connectivity index (χ1n) is 7.02. The number of fused-ring (bicyclic) bond motifs is 5. The van der Waals surface area contributed by atoms with E-state index in [2.05, 4.69) is 0 Å². The summed E-state index contributed by atoms with van der Waals surface area (Å²) in [7, 11) is 0. The van der Waals surface area contributed by atoms with Gasteiger partial charge in [0.15, 0.2) is 5.78 Å². The second kappa shape index (κ2) is 4.58. The Bertz CT molecular complexity index is 770. The summed E-state index contributed by atoms with van der Waals surface area (Å²) in [5, 5.41) is 0.708. The van der Waals surface area contributed by atoms with E-state index in [1.165, 1.54) is 0 Å². The average molecular weight is 300 g/mol. The summed E-state index contributed by atoms with van der Waals surface area (Å²) in [5.41, 5.74) is 10.8. The molecule has 0 bridgehead atoms. The summed E-state index contributed by atoms with van der Waals surface area (Å²) in [4.78, 5) is 12.2. The van der Waals surface area contributed by atoms with E-state index in [4.69, 9.17) is 22.1 Å². The molecule has 0 spiro atoms. The summed E-state index contributed by atoms with van der Waals surface area (Å²) >= 11 is 6.04. The van der Waals surface area contributed by atoms with E-state index in [0.29, 0.717) is 23.6 Å². The number of nitrogens with two attached hydrogens (primary N) is 1. The highest BCUT2D eigenvalue weighted by Crippen LogP contribution is 2.43. The third-order valence-corrected chi connectivity index (χ3v) is 4.53. The van der Waals surface area contributed by atoms with Crippen LogP contribution in [0, 0.1) is 0 Å². The van der Waals surface area contributed by atoms with E-state index < -0.39 is 0 Å². The first-order chi connectivity index (χ1) is 10.1.